The fraction of sp³-hybridized carbons (Fsp3) is 0.462. The molecule has 0 bridgehead atoms. The van der Waals surface area contributed by atoms with Crippen molar-refractivity contribution in [3.05, 3.63) is 34.8 Å². The Bertz CT molecular complexity index is 583. The highest BCUT2D eigenvalue weighted by molar-refractivity contribution is 5.93. The lowest BCUT2D eigenvalue weighted by atomic mass is 10.2. The van der Waals surface area contributed by atoms with Gasteiger partial charge in [0.2, 0.25) is 0 Å². The number of aromatic nitrogens is 3. The fourth-order valence-electron chi connectivity index (χ4n) is 1.69. The molecule has 0 saturated carbocycles. The Balaban J connectivity index is 2.06. The minimum absolute atomic E-state index is 0.163. The number of hydrogen-bond donors (Lipinski definition) is 2. The van der Waals surface area contributed by atoms with Gasteiger partial charge in [0, 0.05) is 23.7 Å². The maximum absolute atomic E-state index is 12.0. The number of H-pyrrole nitrogens is 1. The summed E-state index contributed by atoms with van der Waals surface area (Å²) in [4.78, 5) is 16.3. The quantitative estimate of drug-likeness (QED) is 0.883. The van der Waals surface area contributed by atoms with Crippen molar-refractivity contribution >= 4 is 5.91 Å². The number of amides is 1. The summed E-state index contributed by atoms with van der Waals surface area (Å²) in [5.41, 5.74) is 2.25. The average Bonchev–Trinajstić information content (AvgIpc) is 2.93. The van der Waals surface area contributed by atoms with Crippen molar-refractivity contribution in [1.82, 2.24) is 20.5 Å². The number of carbonyl (C=O) groups is 1. The summed E-state index contributed by atoms with van der Waals surface area (Å²) >= 11 is 0. The second kappa shape index (κ2) is 5.26. The van der Waals surface area contributed by atoms with Crippen LogP contribution in [0.15, 0.2) is 10.6 Å². The van der Waals surface area contributed by atoms with Crippen LogP contribution in [0.5, 0.6) is 0 Å². The summed E-state index contributed by atoms with van der Waals surface area (Å²) in [6.45, 7) is 8.03. The molecule has 2 rings (SSSR count). The summed E-state index contributed by atoms with van der Waals surface area (Å²) in [5.74, 6) is 1.07. The maximum Gasteiger partial charge on any atom is 0.273 e. The third-order valence-electron chi connectivity index (χ3n) is 2.90. The van der Waals surface area contributed by atoms with E-state index in [-0.39, 0.29) is 11.8 Å². The molecule has 0 aliphatic heterocycles. The lowest BCUT2D eigenvalue weighted by Crippen LogP contribution is -2.24. The molecule has 0 spiro atoms. The second-order valence-corrected chi connectivity index (χ2v) is 4.81. The minimum atomic E-state index is -0.228. The molecule has 6 heteroatoms. The monoisotopic (exact) mass is 262 g/mol. The molecule has 19 heavy (non-hydrogen) atoms. The van der Waals surface area contributed by atoms with Crippen LogP contribution in [0.2, 0.25) is 0 Å². The van der Waals surface area contributed by atoms with Gasteiger partial charge in [-0.05, 0) is 13.8 Å². The van der Waals surface area contributed by atoms with Gasteiger partial charge in [0.1, 0.15) is 5.76 Å². The predicted molar refractivity (Wildman–Crippen MR) is 69.8 cm³/mol. The molecule has 102 valence electrons. The average molecular weight is 262 g/mol. The SMILES string of the molecule is Cc1[nH]ncc1CNC(=O)c1nc(C(C)C)oc1C. The van der Waals surface area contributed by atoms with E-state index < -0.39 is 0 Å². The van der Waals surface area contributed by atoms with Gasteiger partial charge in [0.15, 0.2) is 11.6 Å². The van der Waals surface area contributed by atoms with Crippen molar-refractivity contribution in [2.24, 2.45) is 0 Å². The van der Waals surface area contributed by atoms with E-state index in [9.17, 15) is 4.79 Å². The smallest absolute Gasteiger partial charge is 0.273 e. The summed E-state index contributed by atoms with van der Waals surface area (Å²) < 4.78 is 5.47. The predicted octanol–water partition coefficient (Wildman–Crippen LogP) is 2.07. The van der Waals surface area contributed by atoms with E-state index in [1.54, 1.807) is 13.1 Å². The van der Waals surface area contributed by atoms with Crippen LogP contribution >= 0.6 is 0 Å². The maximum atomic E-state index is 12.0. The van der Waals surface area contributed by atoms with Gasteiger partial charge in [-0.3, -0.25) is 9.89 Å². The Hall–Kier alpha value is -2.11. The Morgan fingerprint density at radius 2 is 2.21 bits per heavy atom. The van der Waals surface area contributed by atoms with Crippen LogP contribution in [0.4, 0.5) is 0 Å². The molecule has 0 radical (unpaired) electrons. The molecule has 1 amide bonds. The molecule has 2 aromatic heterocycles. The number of oxazole rings is 1. The fourth-order valence-corrected chi connectivity index (χ4v) is 1.69. The van der Waals surface area contributed by atoms with Gasteiger partial charge in [-0.1, -0.05) is 13.8 Å². The van der Waals surface area contributed by atoms with Gasteiger partial charge < -0.3 is 9.73 Å². The summed E-state index contributed by atoms with van der Waals surface area (Å²) in [5, 5.41) is 9.55. The van der Waals surface area contributed by atoms with Crippen LogP contribution < -0.4 is 5.32 Å². The molecule has 0 aliphatic carbocycles. The molecule has 0 unspecified atom stereocenters. The van der Waals surface area contributed by atoms with Crippen LogP contribution in [0.25, 0.3) is 0 Å². The minimum Gasteiger partial charge on any atom is -0.445 e. The largest absolute Gasteiger partial charge is 0.445 e. The third kappa shape index (κ3) is 2.83. The van der Waals surface area contributed by atoms with E-state index in [4.69, 9.17) is 4.42 Å². The summed E-state index contributed by atoms with van der Waals surface area (Å²) in [6, 6.07) is 0. The number of nitrogens with one attached hydrogen (secondary N) is 2. The Labute approximate surface area is 111 Å². The highest BCUT2D eigenvalue weighted by Crippen LogP contribution is 2.17. The van der Waals surface area contributed by atoms with Crippen molar-refractivity contribution in [2.75, 3.05) is 0 Å². The van der Waals surface area contributed by atoms with Crippen molar-refractivity contribution < 1.29 is 9.21 Å². The number of carbonyl (C=O) groups excluding carboxylic acids is 1. The Kier molecular flexibility index (Phi) is 3.69. The molecule has 6 nitrogen and oxygen atoms in total. The van der Waals surface area contributed by atoms with Crippen LogP contribution in [0.3, 0.4) is 0 Å². The second-order valence-electron chi connectivity index (χ2n) is 4.81. The van der Waals surface area contributed by atoms with Crippen LogP contribution in [-0.2, 0) is 6.54 Å². The first-order valence-corrected chi connectivity index (χ1v) is 6.23. The molecule has 2 aromatic rings. The zero-order chi connectivity index (χ0) is 14.0. The van der Waals surface area contributed by atoms with Crippen LogP contribution in [0.1, 0.15) is 53.2 Å². The van der Waals surface area contributed by atoms with Crippen molar-refractivity contribution in [3.8, 4) is 0 Å². The van der Waals surface area contributed by atoms with Crippen molar-refractivity contribution in [3.63, 3.8) is 0 Å². The van der Waals surface area contributed by atoms with Crippen LogP contribution in [0, 0.1) is 13.8 Å². The van der Waals surface area contributed by atoms with Crippen molar-refractivity contribution in [2.45, 2.75) is 40.2 Å². The van der Waals surface area contributed by atoms with Crippen molar-refractivity contribution in [1.29, 1.82) is 0 Å². The topological polar surface area (TPSA) is 83.8 Å². The van der Waals surface area contributed by atoms with Crippen LogP contribution in [-0.4, -0.2) is 21.1 Å². The Morgan fingerprint density at radius 1 is 1.47 bits per heavy atom. The molecule has 2 heterocycles. The van der Waals surface area contributed by atoms with E-state index in [2.05, 4.69) is 20.5 Å². The first-order valence-electron chi connectivity index (χ1n) is 6.23. The summed E-state index contributed by atoms with van der Waals surface area (Å²) in [7, 11) is 0. The van der Waals surface area contributed by atoms with E-state index in [0.29, 0.717) is 23.9 Å². The van der Waals surface area contributed by atoms with E-state index in [1.807, 2.05) is 20.8 Å². The van der Waals surface area contributed by atoms with E-state index in [0.717, 1.165) is 11.3 Å². The standard InChI is InChI=1S/C13H18N4O2/c1-7(2)13-16-11(9(4)19-13)12(18)14-5-10-6-15-17-8(10)3/h6-7H,5H2,1-4H3,(H,14,18)(H,15,17). The molecular formula is C13H18N4O2. The molecule has 0 fully saturated rings. The van der Waals surface area contributed by atoms with E-state index >= 15 is 0 Å². The highest BCUT2D eigenvalue weighted by atomic mass is 16.4. The zero-order valence-electron chi connectivity index (χ0n) is 11.6. The number of aryl methyl sites for hydroxylation is 2. The summed E-state index contributed by atoms with van der Waals surface area (Å²) in [6.07, 6.45) is 1.70. The first-order chi connectivity index (χ1) is 8.99. The highest BCUT2D eigenvalue weighted by Gasteiger charge is 2.18. The molecule has 0 saturated heterocycles. The molecule has 2 N–H and O–H groups in total. The number of nitrogens with zero attached hydrogens (tertiary/aromatic N) is 2. The first kappa shape index (κ1) is 13.3. The van der Waals surface area contributed by atoms with Gasteiger partial charge >= 0.3 is 0 Å². The number of aromatic amines is 1. The van der Waals surface area contributed by atoms with Gasteiger partial charge in [-0.15, -0.1) is 0 Å². The Morgan fingerprint density at radius 3 is 2.74 bits per heavy atom. The molecule has 0 aliphatic rings. The normalized spacial score (nSPS) is 11.0. The van der Waals surface area contributed by atoms with Gasteiger partial charge in [0.25, 0.3) is 5.91 Å². The molecule has 0 atom stereocenters. The molecule has 0 aromatic carbocycles. The number of rotatable bonds is 4. The van der Waals surface area contributed by atoms with Gasteiger partial charge in [0.05, 0.1) is 6.20 Å². The van der Waals surface area contributed by atoms with E-state index in [1.165, 1.54) is 0 Å². The lowest BCUT2D eigenvalue weighted by Gasteiger charge is -2.02. The third-order valence-corrected chi connectivity index (χ3v) is 2.90. The lowest BCUT2D eigenvalue weighted by molar-refractivity contribution is 0.0945. The zero-order valence-corrected chi connectivity index (χ0v) is 11.6. The number of hydrogen-bond acceptors (Lipinski definition) is 4. The van der Waals surface area contributed by atoms with Gasteiger partial charge in [-0.2, -0.15) is 5.10 Å². The van der Waals surface area contributed by atoms with Gasteiger partial charge in [-0.25, -0.2) is 4.98 Å². The molecular weight excluding hydrogens is 244 g/mol.